The van der Waals surface area contributed by atoms with Crippen molar-refractivity contribution in [1.29, 1.82) is 0 Å². The predicted octanol–water partition coefficient (Wildman–Crippen LogP) is 4.71. The lowest BCUT2D eigenvalue weighted by atomic mass is 10.1. The highest BCUT2D eigenvalue weighted by molar-refractivity contribution is 7.15. The van der Waals surface area contributed by atoms with Crippen LogP contribution < -0.4 is 5.32 Å². The number of anilines is 1. The fourth-order valence-corrected chi connectivity index (χ4v) is 2.73. The Balaban J connectivity index is 1.92. The minimum Gasteiger partial charge on any atom is -0.301 e. The molecule has 114 valence electrons. The minimum absolute atomic E-state index is 0.0593. The van der Waals surface area contributed by atoms with Crippen molar-refractivity contribution in [1.82, 2.24) is 10.2 Å². The van der Waals surface area contributed by atoms with Crippen LogP contribution in [0, 0.1) is 6.92 Å². The van der Waals surface area contributed by atoms with Crippen LogP contribution in [0.3, 0.4) is 0 Å². The summed E-state index contributed by atoms with van der Waals surface area (Å²) < 4.78 is 0. The highest BCUT2D eigenvalue weighted by Gasteiger charge is 2.05. The number of hydrogen-bond acceptors (Lipinski definition) is 4. The van der Waals surface area contributed by atoms with Gasteiger partial charge in [0.2, 0.25) is 11.0 Å². The van der Waals surface area contributed by atoms with Crippen LogP contribution in [0.4, 0.5) is 5.13 Å². The molecule has 0 aliphatic rings. The van der Waals surface area contributed by atoms with Crippen LogP contribution in [-0.4, -0.2) is 16.1 Å². The van der Waals surface area contributed by atoms with Gasteiger partial charge in [0.15, 0.2) is 0 Å². The van der Waals surface area contributed by atoms with E-state index in [-0.39, 0.29) is 5.91 Å². The first kappa shape index (κ1) is 17.1. The number of unbranched alkanes of at least 4 members (excludes halogenated alkanes) is 8. The SMILES string of the molecule is CCCCCCCCCCCC(=O)Nc1nnc(C)s1. The van der Waals surface area contributed by atoms with Crippen LogP contribution >= 0.6 is 11.3 Å². The number of aryl methyl sites for hydroxylation is 1. The largest absolute Gasteiger partial charge is 0.301 e. The van der Waals surface area contributed by atoms with Crippen molar-refractivity contribution < 1.29 is 4.79 Å². The Hall–Kier alpha value is -0.970. The summed E-state index contributed by atoms with van der Waals surface area (Å²) in [7, 11) is 0. The number of nitrogens with zero attached hydrogens (tertiary/aromatic N) is 2. The minimum atomic E-state index is 0.0593. The number of amides is 1. The molecule has 5 heteroatoms. The summed E-state index contributed by atoms with van der Waals surface area (Å²) in [6.45, 7) is 4.13. The van der Waals surface area contributed by atoms with Crippen molar-refractivity contribution in [3.63, 3.8) is 0 Å². The second kappa shape index (κ2) is 10.8. The number of rotatable bonds is 11. The third-order valence-electron chi connectivity index (χ3n) is 3.28. The molecule has 1 amide bonds. The van der Waals surface area contributed by atoms with Gasteiger partial charge in [-0.05, 0) is 13.3 Å². The Morgan fingerprint density at radius 1 is 1.00 bits per heavy atom. The van der Waals surface area contributed by atoms with Crippen LogP contribution in [0.1, 0.15) is 76.1 Å². The number of carbonyl (C=O) groups is 1. The molecule has 0 spiro atoms. The molecule has 1 N–H and O–H groups in total. The van der Waals surface area contributed by atoms with Gasteiger partial charge in [-0.15, -0.1) is 10.2 Å². The van der Waals surface area contributed by atoms with Gasteiger partial charge in [0, 0.05) is 6.42 Å². The number of nitrogens with one attached hydrogen (secondary N) is 1. The quantitative estimate of drug-likeness (QED) is 0.602. The zero-order valence-electron chi connectivity index (χ0n) is 12.8. The molecule has 4 nitrogen and oxygen atoms in total. The highest BCUT2D eigenvalue weighted by atomic mass is 32.1. The van der Waals surface area contributed by atoms with Crippen LogP contribution in [-0.2, 0) is 4.79 Å². The van der Waals surface area contributed by atoms with E-state index in [1.165, 1.54) is 56.3 Å². The van der Waals surface area contributed by atoms with Gasteiger partial charge < -0.3 is 5.32 Å². The lowest BCUT2D eigenvalue weighted by Crippen LogP contribution is -2.10. The second-order valence-electron chi connectivity index (χ2n) is 5.25. The van der Waals surface area contributed by atoms with E-state index in [1.54, 1.807) is 0 Å². The van der Waals surface area contributed by atoms with Crippen molar-refractivity contribution in [2.45, 2.75) is 78.1 Å². The third kappa shape index (κ3) is 8.25. The molecule has 1 aromatic rings. The first-order chi connectivity index (χ1) is 9.72. The van der Waals surface area contributed by atoms with Crippen molar-refractivity contribution in [2.24, 2.45) is 0 Å². The summed E-state index contributed by atoms with van der Waals surface area (Å²) in [6.07, 6.45) is 12.0. The molecule has 0 unspecified atom stereocenters. The van der Waals surface area contributed by atoms with Crippen LogP contribution in [0.15, 0.2) is 0 Å². The zero-order valence-corrected chi connectivity index (χ0v) is 13.6. The molecule has 0 fully saturated rings. The van der Waals surface area contributed by atoms with E-state index >= 15 is 0 Å². The van der Waals surface area contributed by atoms with Crippen LogP contribution in [0.25, 0.3) is 0 Å². The average molecular weight is 297 g/mol. The number of aromatic nitrogens is 2. The molecule has 0 radical (unpaired) electrons. The smallest absolute Gasteiger partial charge is 0.226 e. The number of carbonyl (C=O) groups excluding carboxylic acids is 1. The number of hydrogen-bond donors (Lipinski definition) is 1. The van der Waals surface area contributed by atoms with Crippen molar-refractivity contribution in [3.8, 4) is 0 Å². The molecule has 0 aliphatic heterocycles. The summed E-state index contributed by atoms with van der Waals surface area (Å²) in [5.41, 5.74) is 0. The van der Waals surface area contributed by atoms with E-state index in [2.05, 4.69) is 22.4 Å². The first-order valence-electron chi connectivity index (χ1n) is 7.82. The molecule has 0 saturated heterocycles. The van der Waals surface area contributed by atoms with Crippen LogP contribution in [0.5, 0.6) is 0 Å². The lowest BCUT2D eigenvalue weighted by molar-refractivity contribution is -0.116. The summed E-state index contributed by atoms with van der Waals surface area (Å²) in [5, 5.41) is 12.0. The Bertz CT molecular complexity index is 379. The third-order valence-corrected chi connectivity index (χ3v) is 4.03. The van der Waals surface area contributed by atoms with Gasteiger partial charge in [0.05, 0.1) is 0 Å². The van der Waals surface area contributed by atoms with Gasteiger partial charge in [-0.3, -0.25) is 4.79 Å². The maximum Gasteiger partial charge on any atom is 0.226 e. The van der Waals surface area contributed by atoms with E-state index in [1.807, 2.05) is 6.92 Å². The molecule has 20 heavy (non-hydrogen) atoms. The Morgan fingerprint density at radius 2 is 1.60 bits per heavy atom. The Morgan fingerprint density at radius 3 is 2.15 bits per heavy atom. The highest BCUT2D eigenvalue weighted by Crippen LogP contribution is 2.15. The maximum atomic E-state index is 11.7. The summed E-state index contributed by atoms with van der Waals surface area (Å²) >= 11 is 1.42. The van der Waals surface area contributed by atoms with Gasteiger partial charge in [0.1, 0.15) is 5.01 Å². The van der Waals surface area contributed by atoms with Crippen molar-refractivity contribution >= 4 is 22.4 Å². The molecular formula is C15H27N3OS. The standard InChI is InChI=1S/C15H27N3OS/c1-3-4-5-6-7-8-9-10-11-12-14(19)16-15-18-17-13(2)20-15/h3-12H2,1-2H3,(H,16,18,19). The van der Waals surface area contributed by atoms with E-state index in [0.717, 1.165) is 17.8 Å². The van der Waals surface area contributed by atoms with Gasteiger partial charge in [-0.1, -0.05) is 69.6 Å². The topological polar surface area (TPSA) is 54.9 Å². The molecule has 0 saturated carbocycles. The lowest BCUT2D eigenvalue weighted by Gasteiger charge is -2.02. The molecular weight excluding hydrogens is 270 g/mol. The van der Waals surface area contributed by atoms with Gasteiger partial charge in [-0.25, -0.2) is 0 Å². The Labute approximate surface area is 126 Å². The van der Waals surface area contributed by atoms with Crippen molar-refractivity contribution in [2.75, 3.05) is 5.32 Å². The first-order valence-corrected chi connectivity index (χ1v) is 8.64. The second-order valence-corrected chi connectivity index (χ2v) is 6.43. The summed E-state index contributed by atoms with van der Waals surface area (Å²) in [5.74, 6) is 0.0593. The zero-order chi connectivity index (χ0) is 14.6. The van der Waals surface area contributed by atoms with Gasteiger partial charge in [0.25, 0.3) is 0 Å². The maximum absolute atomic E-state index is 11.7. The monoisotopic (exact) mass is 297 g/mol. The molecule has 0 aromatic carbocycles. The fraction of sp³-hybridized carbons (Fsp3) is 0.800. The molecule has 1 aromatic heterocycles. The van der Waals surface area contributed by atoms with Gasteiger partial charge in [-0.2, -0.15) is 0 Å². The van der Waals surface area contributed by atoms with E-state index < -0.39 is 0 Å². The predicted molar refractivity (Wildman–Crippen MR) is 85.1 cm³/mol. The van der Waals surface area contributed by atoms with E-state index in [9.17, 15) is 4.79 Å². The average Bonchev–Trinajstić information content (AvgIpc) is 2.82. The summed E-state index contributed by atoms with van der Waals surface area (Å²) in [6, 6.07) is 0. The van der Waals surface area contributed by atoms with Gasteiger partial charge >= 0.3 is 0 Å². The molecule has 1 rings (SSSR count). The van der Waals surface area contributed by atoms with E-state index in [4.69, 9.17) is 0 Å². The fourth-order valence-electron chi connectivity index (χ4n) is 2.13. The van der Waals surface area contributed by atoms with Crippen molar-refractivity contribution in [3.05, 3.63) is 5.01 Å². The molecule has 1 heterocycles. The normalized spacial score (nSPS) is 10.7. The molecule has 0 aliphatic carbocycles. The summed E-state index contributed by atoms with van der Waals surface area (Å²) in [4.78, 5) is 11.7. The Kier molecular flexibility index (Phi) is 9.20. The molecule has 0 bridgehead atoms. The van der Waals surface area contributed by atoms with E-state index in [0.29, 0.717) is 11.6 Å². The molecule has 0 atom stereocenters. The van der Waals surface area contributed by atoms with Crippen LogP contribution in [0.2, 0.25) is 0 Å².